The summed E-state index contributed by atoms with van der Waals surface area (Å²) in [5, 5.41) is 4.15. The molecule has 2 aromatic carbocycles. The molecule has 0 fully saturated rings. The Bertz CT molecular complexity index is 742. The van der Waals surface area contributed by atoms with Crippen LogP contribution in [0.15, 0.2) is 53.1 Å². The van der Waals surface area contributed by atoms with Crippen LogP contribution in [0.4, 0.5) is 5.88 Å². The number of rotatable bonds is 2. The van der Waals surface area contributed by atoms with Crippen molar-refractivity contribution >= 4 is 5.88 Å². The van der Waals surface area contributed by atoms with Gasteiger partial charge in [0.1, 0.15) is 5.69 Å². The zero-order valence-electron chi connectivity index (χ0n) is 11.6. The van der Waals surface area contributed by atoms with Gasteiger partial charge in [0, 0.05) is 5.56 Å². The molecule has 0 aliphatic rings. The first-order valence-corrected chi connectivity index (χ1v) is 6.55. The van der Waals surface area contributed by atoms with E-state index >= 15 is 0 Å². The Morgan fingerprint density at radius 2 is 1.65 bits per heavy atom. The van der Waals surface area contributed by atoms with Crippen molar-refractivity contribution in [3.63, 3.8) is 0 Å². The van der Waals surface area contributed by atoms with Crippen LogP contribution in [0.3, 0.4) is 0 Å². The summed E-state index contributed by atoms with van der Waals surface area (Å²) in [7, 11) is 0. The quantitative estimate of drug-likeness (QED) is 0.754. The van der Waals surface area contributed by atoms with Gasteiger partial charge in [0.15, 0.2) is 0 Å². The summed E-state index contributed by atoms with van der Waals surface area (Å²) in [4.78, 5) is 0. The van der Waals surface area contributed by atoms with E-state index in [1.54, 1.807) is 0 Å². The monoisotopic (exact) mass is 264 g/mol. The van der Waals surface area contributed by atoms with Gasteiger partial charge < -0.3 is 10.3 Å². The fourth-order valence-corrected chi connectivity index (χ4v) is 2.32. The molecule has 3 aromatic rings. The van der Waals surface area contributed by atoms with Crippen LogP contribution in [-0.4, -0.2) is 5.16 Å². The minimum absolute atomic E-state index is 0.354. The summed E-state index contributed by atoms with van der Waals surface area (Å²) in [6.45, 7) is 4.11. The third-order valence-corrected chi connectivity index (χ3v) is 3.46. The summed E-state index contributed by atoms with van der Waals surface area (Å²) in [5.74, 6) is 0.354. The van der Waals surface area contributed by atoms with Crippen LogP contribution in [0.5, 0.6) is 0 Å². The van der Waals surface area contributed by atoms with Crippen molar-refractivity contribution in [2.24, 2.45) is 0 Å². The molecule has 0 amide bonds. The highest BCUT2D eigenvalue weighted by Crippen LogP contribution is 2.37. The number of benzene rings is 2. The second-order valence-electron chi connectivity index (χ2n) is 4.95. The van der Waals surface area contributed by atoms with Gasteiger partial charge in [-0.2, -0.15) is 0 Å². The first-order valence-electron chi connectivity index (χ1n) is 6.55. The van der Waals surface area contributed by atoms with Crippen molar-refractivity contribution in [1.29, 1.82) is 0 Å². The largest absolute Gasteiger partial charge is 0.367 e. The summed E-state index contributed by atoms with van der Waals surface area (Å²) >= 11 is 0. The van der Waals surface area contributed by atoms with Crippen LogP contribution in [0.2, 0.25) is 0 Å². The van der Waals surface area contributed by atoms with Crippen LogP contribution in [0.1, 0.15) is 11.1 Å². The summed E-state index contributed by atoms with van der Waals surface area (Å²) in [6, 6.07) is 16.3. The predicted molar refractivity (Wildman–Crippen MR) is 81.3 cm³/mol. The van der Waals surface area contributed by atoms with Crippen LogP contribution < -0.4 is 5.73 Å². The van der Waals surface area contributed by atoms with Crippen LogP contribution in [0, 0.1) is 13.8 Å². The van der Waals surface area contributed by atoms with E-state index < -0.39 is 0 Å². The number of aryl methyl sites for hydroxylation is 2. The van der Waals surface area contributed by atoms with Crippen LogP contribution in [0.25, 0.3) is 22.4 Å². The van der Waals surface area contributed by atoms with E-state index in [0.29, 0.717) is 5.88 Å². The maximum Gasteiger partial charge on any atom is 0.230 e. The van der Waals surface area contributed by atoms with Gasteiger partial charge in [0.2, 0.25) is 5.88 Å². The van der Waals surface area contributed by atoms with Gasteiger partial charge in [0.25, 0.3) is 0 Å². The maximum atomic E-state index is 5.97. The molecule has 3 nitrogen and oxygen atoms in total. The highest BCUT2D eigenvalue weighted by molar-refractivity contribution is 5.87. The second-order valence-corrected chi connectivity index (χ2v) is 4.95. The molecule has 0 aliphatic carbocycles. The van der Waals surface area contributed by atoms with Crippen molar-refractivity contribution in [2.45, 2.75) is 13.8 Å². The molecule has 1 heterocycles. The normalized spacial score (nSPS) is 10.7. The van der Waals surface area contributed by atoms with Gasteiger partial charge in [-0.25, -0.2) is 0 Å². The second kappa shape index (κ2) is 4.85. The van der Waals surface area contributed by atoms with Crippen LogP contribution >= 0.6 is 0 Å². The van der Waals surface area contributed by atoms with Crippen molar-refractivity contribution in [1.82, 2.24) is 5.16 Å². The predicted octanol–water partition coefficient (Wildman–Crippen LogP) is 4.21. The minimum atomic E-state index is 0.354. The molecular formula is C17H16N2O. The number of nitrogen functional groups attached to an aromatic ring is 1. The number of nitrogens with zero attached hydrogens (tertiary/aromatic N) is 1. The zero-order valence-corrected chi connectivity index (χ0v) is 11.6. The van der Waals surface area contributed by atoms with E-state index in [-0.39, 0.29) is 0 Å². The fourth-order valence-electron chi connectivity index (χ4n) is 2.32. The average molecular weight is 264 g/mol. The van der Waals surface area contributed by atoms with Crippen LogP contribution in [-0.2, 0) is 0 Å². The zero-order chi connectivity index (χ0) is 14.1. The number of nitrogens with two attached hydrogens (primary N) is 1. The van der Waals surface area contributed by atoms with E-state index in [1.165, 1.54) is 5.56 Å². The molecule has 2 N–H and O–H groups in total. The highest BCUT2D eigenvalue weighted by Gasteiger charge is 2.18. The number of hydrogen-bond donors (Lipinski definition) is 1. The Morgan fingerprint density at radius 3 is 2.35 bits per heavy atom. The first-order chi connectivity index (χ1) is 9.66. The molecule has 0 atom stereocenters. The standard InChI is InChI=1S/C17H16N2O/c1-11-7-9-13(10-8-11)15-16(19-20-17(15)18)14-6-4-3-5-12(14)2/h3-10H,18H2,1-2H3. The van der Waals surface area contributed by atoms with Crippen molar-refractivity contribution in [3.05, 3.63) is 59.7 Å². The highest BCUT2D eigenvalue weighted by atomic mass is 16.5. The topological polar surface area (TPSA) is 52.0 Å². The molecule has 3 heteroatoms. The lowest BCUT2D eigenvalue weighted by Crippen LogP contribution is -1.89. The average Bonchev–Trinajstić information content (AvgIpc) is 2.82. The summed E-state index contributed by atoms with van der Waals surface area (Å²) in [5.41, 5.74) is 12.0. The molecule has 3 rings (SSSR count). The van der Waals surface area contributed by atoms with Crippen molar-refractivity contribution < 1.29 is 4.52 Å². The lowest BCUT2D eigenvalue weighted by molar-refractivity contribution is 0.439. The Labute approximate surface area is 118 Å². The molecule has 0 saturated heterocycles. The Morgan fingerprint density at radius 1 is 0.950 bits per heavy atom. The first kappa shape index (κ1) is 12.5. The van der Waals surface area contributed by atoms with E-state index in [0.717, 1.165) is 27.9 Å². The van der Waals surface area contributed by atoms with Gasteiger partial charge in [-0.15, -0.1) is 0 Å². The number of aromatic nitrogens is 1. The van der Waals surface area contributed by atoms with Crippen molar-refractivity contribution in [3.8, 4) is 22.4 Å². The van der Waals surface area contributed by atoms with Gasteiger partial charge in [-0.05, 0) is 25.0 Å². The molecular weight excluding hydrogens is 248 g/mol. The Kier molecular flexibility index (Phi) is 3.03. The molecule has 0 aliphatic heterocycles. The number of anilines is 1. The SMILES string of the molecule is Cc1ccc(-c2c(-c3ccccc3C)noc2N)cc1. The maximum absolute atomic E-state index is 5.97. The Hall–Kier alpha value is -2.55. The number of hydrogen-bond acceptors (Lipinski definition) is 3. The summed E-state index contributed by atoms with van der Waals surface area (Å²) < 4.78 is 5.22. The van der Waals surface area contributed by atoms with E-state index in [1.807, 2.05) is 30.3 Å². The molecule has 0 saturated carbocycles. The minimum Gasteiger partial charge on any atom is -0.367 e. The molecule has 0 unspecified atom stereocenters. The molecule has 20 heavy (non-hydrogen) atoms. The third kappa shape index (κ3) is 2.07. The summed E-state index contributed by atoms with van der Waals surface area (Å²) in [6.07, 6.45) is 0. The lowest BCUT2D eigenvalue weighted by atomic mass is 9.97. The third-order valence-electron chi connectivity index (χ3n) is 3.46. The Balaban J connectivity index is 2.20. The molecule has 1 aromatic heterocycles. The fraction of sp³-hybridized carbons (Fsp3) is 0.118. The lowest BCUT2D eigenvalue weighted by Gasteiger charge is -2.05. The smallest absolute Gasteiger partial charge is 0.230 e. The van der Waals surface area contributed by atoms with Gasteiger partial charge in [-0.1, -0.05) is 59.3 Å². The molecule has 0 spiro atoms. The van der Waals surface area contributed by atoms with Crippen molar-refractivity contribution in [2.75, 3.05) is 5.73 Å². The van der Waals surface area contributed by atoms with Gasteiger partial charge in [0.05, 0.1) is 5.56 Å². The van der Waals surface area contributed by atoms with Gasteiger partial charge in [-0.3, -0.25) is 0 Å². The van der Waals surface area contributed by atoms with E-state index in [9.17, 15) is 0 Å². The molecule has 100 valence electrons. The van der Waals surface area contributed by atoms with E-state index in [2.05, 4.69) is 37.2 Å². The van der Waals surface area contributed by atoms with E-state index in [4.69, 9.17) is 10.3 Å². The molecule has 0 bridgehead atoms. The molecule has 0 radical (unpaired) electrons. The van der Waals surface area contributed by atoms with Gasteiger partial charge >= 0.3 is 0 Å².